The number of halogens is 4. The zero-order valence-electron chi connectivity index (χ0n) is 15.1. The van der Waals surface area contributed by atoms with E-state index < -0.39 is 58.5 Å². The lowest BCUT2D eigenvalue weighted by Gasteiger charge is -2.27. The number of hydrogen-bond donors (Lipinski definition) is 0. The number of esters is 1. The van der Waals surface area contributed by atoms with Gasteiger partial charge in [0, 0.05) is 0 Å². The fourth-order valence-corrected chi connectivity index (χ4v) is 2.20. The Balaban J connectivity index is 3.13. The maximum absolute atomic E-state index is 13.9. The number of carbonyl (C=O) groups excluding carboxylic acids is 1. The molecule has 0 aliphatic rings. The highest BCUT2D eigenvalue weighted by atomic mass is 19.2. The van der Waals surface area contributed by atoms with E-state index in [1.165, 1.54) is 0 Å². The number of ether oxygens (including phenoxy) is 2. The Kier molecular flexibility index (Phi) is 6.62. The van der Waals surface area contributed by atoms with E-state index in [9.17, 15) is 22.4 Å². The molecule has 1 unspecified atom stereocenters. The summed E-state index contributed by atoms with van der Waals surface area (Å²) >= 11 is 0. The van der Waals surface area contributed by atoms with E-state index in [1.807, 2.05) is 0 Å². The largest absolute Gasteiger partial charge is 0.491 e. The molecule has 0 spiro atoms. The summed E-state index contributed by atoms with van der Waals surface area (Å²) in [5.41, 5.74) is -0.660. The summed E-state index contributed by atoms with van der Waals surface area (Å²) in [6.07, 6.45) is 1.67. The summed E-state index contributed by atoms with van der Waals surface area (Å²) < 4.78 is 64.4. The van der Waals surface area contributed by atoms with E-state index in [0.717, 1.165) is 12.7 Å². The first kappa shape index (κ1) is 21.0. The maximum atomic E-state index is 13.9. The van der Waals surface area contributed by atoms with Gasteiger partial charge in [-0.1, -0.05) is 32.4 Å². The summed E-state index contributed by atoms with van der Waals surface area (Å²) in [6.45, 7) is 8.04. The zero-order valence-corrected chi connectivity index (χ0v) is 15.1. The molecule has 0 saturated carbocycles. The van der Waals surface area contributed by atoms with Gasteiger partial charge in [0.2, 0.25) is 11.6 Å². The Labute approximate surface area is 144 Å². The molecule has 1 aromatic rings. The molecule has 0 bridgehead atoms. The van der Waals surface area contributed by atoms with Gasteiger partial charge < -0.3 is 9.47 Å². The lowest BCUT2D eigenvalue weighted by Crippen LogP contribution is -2.29. The minimum absolute atomic E-state index is 0.512. The molecule has 1 rings (SSSR count). The van der Waals surface area contributed by atoms with Crippen molar-refractivity contribution >= 4 is 5.97 Å². The van der Waals surface area contributed by atoms with Crippen molar-refractivity contribution in [1.82, 2.24) is 0 Å². The predicted octanol–water partition coefficient (Wildman–Crippen LogP) is 4.92. The number of carbonyl (C=O) groups is 1. The van der Waals surface area contributed by atoms with E-state index in [2.05, 4.69) is 4.74 Å². The molecule has 1 atom stereocenters. The number of hydrogen-bond acceptors (Lipinski definition) is 3. The Morgan fingerprint density at radius 1 is 1.04 bits per heavy atom. The molecule has 0 aliphatic carbocycles. The van der Waals surface area contributed by atoms with Gasteiger partial charge in [-0.3, -0.25) is 4.79 Å². The van der Waals surface area contributed by atoms with Crippen molar-refractivity contribution < 1.29 is 31.8 Å². The topological polar surface area (TPSA) is 35.5 Å². The Morgan fingerprint density at radius 3 is 1.88 bits per heavy atom. The molecule has 25 heavy (non-hydrogen) atoms. The van der Waals surface area contributed by atoms with Crippen LogP contribution >= 0.6 is 0 Å². The lowest BCUT2D eigenvalue weighted by molar-refractivity contribution is -0.151. The van der Waals surface area contributed by atoms with E-state index in [-0.39, 0.29) is 0 Å². The molecule has 0 aliphatic heterocycles. The van der Waals surface area contributed by atoms with Gasteiger partial charge >= 0.3 is 5.97 Å². The van der Waals surface area contributed by atoms with Gasteiger partial charge in [0.1, 0.15) is 6.61 Å². The molecule has 0 amide bonds. The van der Waals surface area contributed by atoms with Crippen molar-refractivity contribution in [3.05, 3.63) is 40.5 Å². The normalized spacial score (nSPS) is 12.6. The molecule has 7 heteroatoms. The molecule has 0 N–H and O–H groups in total. The van der Waals surface area contributed by atoms with Gasteiger partial charge in [-0.25, -0.2) is 8.78 Å². The van der Waals surface area contributed by atoms with Crippen LogP contribution in [0.25, 0.3) is 0 Å². The summed E-state index contributed by atoms with van der Waals surface area (Å²) in [4.78, 5) is 12.3. The smallest absolute Gasteiger partial charge is 0.313 e. The molecule has 0 saturated heterocycles. The molecule has 0 heterocycles. The van der Waals surface area contributed by atoms with Crippen LogP contribution in [0.5, 0.6) is 5.75 Å². The SMILES string of the molecule is COc1c(F)c(F)c(COC(=O)C(C=C(C)C)C(C)(C)C)c(F)c1F. The highest BCUT2D eigenvalue weighted by molar-refractivity contribution is 5.75. The predicted molar refractivity (Wildman–Crippen MR) is 85.0 cm³/mol. The molecule has 1 aromatic carbocycles. The van der Waals surface area contributed by atoms with Crippen molar-refractivity contribution in [2.45, 2.75) is 41.2 Å². The Morgan fingerprint density at radius 2 is 1.52 bits per heavy atom. The van der Waals surface area contributed by atoms with Crippen LogP contribution < -0.4 is 4.74 Å². The third-order valence-electron chi connectivity index (χ3n) is 3.56. The second-order valence-corrected chi connectivity index (χ2v) is 6.96. The minimum Gasteiger partial charge on any atom is -0.491 e. The van der Waals surface area contributed by atoms with Crippen LogP contribution in [-0.4, -0.2) is 13.1 Å². The second-order valence-electron chi connectivity index (χ2n) is 6.96. The van der Waals surface area contributed by atoms with Crippen molar-refractivity contribution in [3.8, 4) is 5.75 Å². The second kappa shape index (κ2) is 7.89. The van der Waals surface area contributed by atoms with Crippen molar-refractivity contribution in [1.29, 1.82) is 0 Å². The number of benzene rings is 1. The van der Waals surface area contributed by atoms with Crippen molar-refractivity contribution in [2.75, 3.05) is 7.11 Å². The molecule has 0 aromatic heterocycles. The van der Waals surface area contributed by atoms with Gasteiger partial charge in [-0.2, -0.15) is 8.78 Å². The highest BCUT2D eigenvalue weighted by Gasteiger charge is 2.32. The van der Waals surface area contributed by atoms with E-state index >= 15 is 0 Å². The third-order valence-corrected chi connectivity index (χ3v) is 3.56. The monoisotopic (exact) mass is 362 g/mol. The van der Waals surface area contributed by atoms with Crippen LogP contribution in [0, 0.1) is 34.6 Å². The van der Waals surface area contributed by atoms with Crippen molar-refractivity contribution in [3.63, 3.8) is 0 Å². The van der Waals surface area contributed by atoms with Crippen LogP contribution in [-0.2, 0) is 16.1 Å². The van der Waals surface area contributed by atoms with Crippen LogP contribution in [0.1, 0.15) is 40.2 Å². The quantitative estimate of drug-likeness (QED) is 0.323. The average Bonchev–Trinajstić information content (AvgIpc) is 2.50. The minimum atomic E-state index is -1.68. The standard InChI is InChI=1S/C18H22F4O3/c1-9(2)7-11(18(3,4)5)17(23)25-8-10-12(19)14(21)16(24-6)15(22)13(10)20/h7,11H,8H2,1-6H3. The molecule has 140 valence electrons. The molecule has 3 nitrogen and oxygen atoms in total. The van der Waals surface area contributed by atoms with Gasteiger partial charge in [-0.15, -0.1) is 0 Å². The maximum Gasteiger partial charge on any atom is 0.313 e. The fourth-order valence-electron chi connectivity index (χ4n) is 2.20. The van der Waals surface area contributed by atoms with Crippen LogP contribution in [0.3, 0.4) is 0 Å². The van der Waals surface area contributed by atoms with E-state index in [0.29, 0.717) is 0 Å². The van der Waals surface area contributed by atoms with Crippen molar-refractivity contribution in [2.24, 2.45) is 11.3 Å². The first-order chi connectivity index (χ1) is 11.4. The zero-order chi connectivity index (χ0) is 19.5. The Bertz CT molecular complexity index is 658. The van der Waals surface area contributed by atoms with Gasteiger partial charge in [-0.05, 0) is 19.3 Å². The fraction of sp³-hybridized carbons (Fsp3) is 0.500. The lowest BCUT2D eigenvalue weighted by atomic mass is 9.80. The molecular formula is C18H22F4O3. The van der Waals surface area contributed by atoms with Gasteiger partial charge in [0.15, 0.2) is 17.4 Å². The first-order valence-electron chi connectivity index (χ1n) is 7.62. The summed E-state index contributed by atoms with van der Waals surface area (Å²) in [5.74, 6) is -9.26. The van der Waals surface area contributed by atoms with E-state index in [4.69, 9.17) is 4.74 Å². The van der Waals surface area contributed by atoms with Crippen LogP contribution in [0.4, 0.5) is 17.6 Å². The summed E-state index contributed by atoms with van der Waals surface area (Å²) in [6, 6.07) is 0. The third kappa shape index (κ3) is 4.74. The first-order valence-corrected chi connectivity index (χ1v) is 7.62. The van der Waals surface area contributed by atoms with E-state index in [1.54, 1.807) is 40.7 Å². The molecule has 0 fully saturated rings. The highest BCUT2D eigenvalue weighted by Crippen LogP contribution is 2.32. The van der Waals surface area contributed by atoms with Crippen LogP contribution in [0.2, 0.25) is 0 Å². The summed E-state index contributed by atoms with van der Waals surface area (Å²) in [7, 11) is 0.882. The number of methoxy groups -OCH3 is 1. The van der Waals surface area contributed by atoms with Gasteiger partial charge in [0.25, 0.3) is 0 Å². The molecule has 0 radical (unpaired) electrons. The number of allylic oxidation sites excluding steroid dienone is 1. The Hall–Kier alpha value is -2.05. The number of rotatable bonds is 5. The molecular weight excluding hydrogens is 340 g/mol. The van der Waals surface area contributed by atoms with Crippen LogP contribution in [0.15, 0.2) is 11.6 Å². The summed E-state index contributed by atoms with van der Waals surface area (Å²) in [5, 5.41) is 0. The average molecular weight is 362 g/mol. The van der Waals surface area contributed by atoms with Gasteiger partial charge in [0.05, 0.1) is 18.6 Å².